The third-order valence-corrected chi connectivity index (χ3v) is 15.3. The van der Waals surface area contributed by atoms with E-state index in [0.29, 0.717) is 76.2 Å². The standard InChI is InChI=1S/C59H78FN11O14/c1-9-59(81)38-19-43-50-36(23-71(43)53(77)37(38)25-84-54(59)78)48-40(17-16-35-32(4)39(60)20-42(68-50)47(35)48)67-46(74)26-82-30-65-45(73)22-64-56(80)85-24-33-12-14-34(15-13-33)66-51(75)41(11-10-18-63-55(62)79)69-52(76)49(31(2)3)70-44(72)21-57(5,6)28-83-29-58(7,8)27-61/h12-15,19-20,31,40-41,49,81H,9-11,16-18,21-30,61H2,1-8H3,(H,64,80)(H,65,73)(H,66,75)(H,67,74)(H,69,76)(H,70,72)(H3,62,63,79)/t40-,41-,49-,59-/m0/s1. The number of nitrogens with zero attached hydrogens (tertiary/aromatic N) is 2. The first-order chi connectivity index (χ1) is 40.1. The molecule has 0 unspecified atom stereocenters. The number of anilines is 1. The highest BCUT2D eigenvalue weighted by atomic mass is 19.1. The second kappa shape index (κ2) is 27.3. The molecule has 8 amide bonds. The van der Waals surface area contributed by atoms with Crippen LogP contribution in [0.15, 0.2) is 41.2 Å². The summed E-state index contributed by atoms with van der Waals surface area (Å²) >= 11 is 0. The zero-order valence-electron chi connectivity index (χ0n) is 49.3. The van der Waals surface area contributed by atoms with E-state index in [1.54, 1.807) is 58.0 Å². The monoisotopic (exact) mass is 1180 g/mol. The van der Waals surface area contributed by atoms with Crippen molar-refractivity contribution in [3.05, 3.63) is 91.5 Å². The SMILES string of the molecule is CC[C@@]1(O)C(=O)OCc2c1cc1n(c2=O)Cc2c-1nc1cc(F)c(C)c3c1c2[C@@H](NC(=O)COCNC(=O)CNC(=O)OCc1ccc(NC(=O)[C@H](CCCNC(N)=O)NC(=O)[C@@H](NC(=O)CC(C)(C)COCC(C)(C)CN)C(C)C)cc1)CC3. The number of carbonyl (C=O) groups excluding carboxylic acids is 8. The van der Waals surface area contributed by atoms with Crippen LogP contribution in [-0.4, -0.2) is 121 Å². The number of rotatable bonds is 27. The van der Waals surface area contributed by atoms with Gasteiger partial charge in [-0.05, 0) is 97.4 Å². The van der Waals surface area contributed by atoms with Crippen LogP contribution in [0.2, 0.25) is 0 Å². The van der Waals surface area contributed by atoms with Gasteiger partial charge in [-0.2, -0.15) is 0 Å². The number of ether oxygens (including phenoxy) is 4. The summed E-state index contributed by atoms with van der Waals surface area (Å²) in [6.45, 7) is 14.0. The van der Waals surface area contributed by atoms with Crippen LogP contribution >= 0.6 is 0 Å². The van der Waals surface area contributed by atoms with Crippen LogP contribution in [0, 0.1) is 29.5 Å². The zero-order valence-corrected chi connectivity index (χ0v) is 49.3. The molecule has 2 aliphatic heterocycles. The van der Waals surface area contributed by atoms with E-state index in [2.05, 4.69) is 37.2 Å². The molecule has 0 bridgehead atoms. The molecule has 0 radical (unpaired) electrons. The van der Waals surface area contributed by atoms with Gasteiger partial charge in [0.25, 0.3) is 5.56 Å². The zero-order chi connectivity index (χ0) is 62.1. The number of carbonyl (C=O) groups is 8. The lowest BCUT2D eigenvalue weighted by Crippen LogP contribution is -2.55. The minimum absolute atomic E-state index is 0.0481. The van der Waals surface area contributed by atoms with E-state index in [1.807, 2.05) is 27.7 Å². The highest BCUT2D eigenvalue weighted by molar-refractivity contribution is 5.99. The predicted molar refractivity (Wildman–Crippen MR) is 308 cm³/mol. The summed E-state index contributed by atoms with van der Waals surface area (Å²) in [5.74, 6) is -4.41. The molecule has 0 saturated heterocycles. The first-order valence-electron chi connectivity index (χ1n) is 28.3. The average molecular weight is 1180 g/mol. The first kappa shape index (κ1) is 64.5. The molecular weight excluding hydrogens is 1110 g/mol. The Labute approximate surface area is 490 Å². The van der Waals surface area contributed by atoms with Gasteiger partial charge in [0.05, 0.1) is 48.3 Å². The van der Waals surface area contributed by atoms with Crippen LogP contribution in [0.5, 0.6) is 0 Å². The molecule has 1 aliphatic carbocycles. The van der Waals surface area contributed by atoms with Crippen molar-refractivity contribution in [3.63, 3.8) is 0 Å². The number of fused-ring (bicyclic) bond motifs is 5. The van der Waals surface area contributed by atoms with Crippen molar-refractivity contribution in [2.45, 2.75) is 137 Å². The first-order valence-corrected chi connectivity index (χ1v) is 28.3. The van der Waals surface area contributed by atoms with Gasteiger partial charge in [0.2, 0.25) is 29.5 Å². The molecule has 0 spiro atoms. The van der Waals surface area contributed by atoms with E-state index >= 15 is 4.39 Å². The summed E-state index contributed by atoms with van der Waals surface area (Å²) in [4.78, 5) is 122. The number of pyridine rings is 2. The Kier molecular flexibility index (Phi) is 20.7. The number of nitrogens with two attached hydrogens (primary N) is 2. The van der Waals surface area contributed by atoms with E-state index in [-0.39, 0.29) is 87.0 Å². The molecule has 4 aromatic rings. The summed E-state index contributed by atoms with van der Waals surface area (Å²) in [7, 11) is 0. The molecular formula is C59H78FN11O14. The Morgan fingerprint density at radius 2 is 1.64 bits per heavy atom. The smallest absolute Gasteiger partial charge is 0.407 e. The Balaban J connectivity index is 0.865. The van der Waals surface area contributed by atoms with Gasteiger partial charge in [-0.25, -0.2) is 23.8 Å². The number of hydrogen-bond donors (Lipinski definition) is 10. The van der Waals surface area contributed by atoms with E-state index in [0.717, 1.165) is 5.56 Å². The maximum atomic E-state index is 15.4. The van der Waals surface area contributed by atoms with E-state index < -0.39 is 102 Å². The lowest BCUT2D eigenvalue weighted by atomic mass is 9.81. The number of nitrogens with one attached hydrogen (secondary N) is 7. The number of aryl methyl sites for hydroxylation is 1. The largest absolute Gasteiger partial charge is 0.458 e. The summed E-state index contributed by atoms with van der Waals surface area (Å²) in [5.41, 5.74) is 12.3. The molecule has 4 heterocycles. The van der Waals surface area contributed by atoms with Crippen molar-refractivity contribution in [1.82, 2.24) is 41.5 Å². The topological polar surface area (TPSA) is 365 Å². The second-order valence-electron chi connectivity index (χ2n) is 23.7. The van der Waals surface area contributed by atoms with Crippen molar-refractivity contribution >= 4 is 64.2 Å². The maximum Gasteiger partial charge on any atom is 0.407 e. The number of amides is 8. The van der Waals surface area contributed by atoms with Crippen molar-refractivity contribution in [1.29, 1.82) is 0 Å². The van der Waals surface area contributed by atoms with Crippen LogP contribution < -0.4 is 54.2 Å². The summed E-state index contributed by atoms with van der Waals surface area (Å²) in [5, 5.41) is 30.6. The number of aliphatic hydroxyl groups is 1. The molecule has 7 rings (SSSR count). The number of primary amides is 1. The van der Waals surface area contributed by atoms with Crippen molar-refractivity contribution in [2.24, 2.45) is 28.2 Å². The van der Waals surface area contributed by atoms with Gasteiger partial charge in [-0.3, -0.25) is 28.8 Å². The van der Waals surface area contributed by atoms with Crippen molar-refractivity contribution in [3.8, 4) is 11.4 Å². The van der Waals surface area contributed by atoms with Gasteiger partial charge in [0.15, 0.2) is 5.60 Å². The van der Waals surface area contributed by atoms with Gasteiger partial charge in [-0.15, -0.1) is 0 Å². The van der Waals surface area contributed by atoms with Gasteiger partial charge < -0.3 is 77.3 Å². The van der Waals surface area contributed by atoms with Crippen molar-refractivity contribution in [2.75, 3.05) is 51.5 Å². The maximum absolute atomic E-state index is 15.4. The van der Waals surface area contributed by atoms with E-state index in [1.165, 1.54) is 10.6 Å². The van der Waals surface area contributed by atoms with Crippen LogP contribution in [0.4, 0.5) is 19.7 Å². The van der Waals surface area contributed by atoms with Gasteiger partial charge in [0, 0.05) is 46.6 Å². The molecule has 26 heteroatoms. The Morgan fingerprint density at radius 3 is 2.32 bits per heavy atom. The molecule has 2 aromatic carbocycles. The molecule has 3 aliphatic rings. The van der Waals surface area contributed by atoms with Crippen LogP contribution in [0.1, 0.15) is 126 Å². The highest BCUT2D eigenvalue weighted by Gasteiger charge is 2.46. The number of halogens is 1. The third kappa shape index (κ3) is 15.6. The number of alkyl carbamates (subject to hydrolysis) is 1. The number of benzene rings is 2. The summed E-state index contributed by atoms with van der Waals surface area (Å²) < 4.78 is 38.7. The number of hydrogen-bond acceptors (Lipinski definition) is 16. The van der Waals surface area contributed by atoms with Gasteiger partial charge in [-0.1, -0.05) is 60.6 Å². The molecule has 12 N–H and O–H groups in total. The molecule has 0 fully saturated rings. The lowest BCUT2D eigenvalue weighted by Gasteiger charge is -2.31. The predicted octanol–water partition coefficient (Wildman–Crippen LogP) is 3.08. The van der Waals surface area contributed by atoms with Gasteiger partial charge >= 0.3 is 18.1 Å². The number of esters is 1. The lowest BCUT2D eigenvalue weighted by molar-refractivity contribution is -0.172. The molecule has 4 atom stereocenters. The fraction of sp³-hybridized carbons (Fsp3) is 0.525. The molecule has 460 valence electrons. The van der Waals surface area contributed by atoms with E-state index in [4.69, 9.17) is 35.4 Å². The Bertz CT molecular complexity index is 3290. The third-order valence-electron chi connectivity index (χ3n) is 15.3. The Morgan fingerprint density at radius 1 is 0.918 bits per heavy atom. The van der Waals surface area contributed by atoms with Gasteiger partial charge in [0.1, 0.15) is 51.0 Å². The van der Waals surface area contributed by atoms with Crippen LogP contribution in [-0.2, 0) is 79.5 Å². The minimum Gasteiger partial charge on any atom is -0.458 e. The average Bonchev–Trinajstić information content (AvgIpc) is 1.76. The van der Waals surface area contributed by atoms with E-state index in [9.17, 15) is 48.3 Å². The Hall–Kier alpha value is -8.07. The summed E-state index contributed by atoms with van der Waals surface area (Å²) in [6, 6.07) is 5.73. The van der Waals surface area contributed by atoms with Crippen molar-refractivity contribution < 1.29 is 66.8 Å². The second-order valence-corrected chi connectivity index (χ2v) is 23.7. The van der Waals surface area contributed by atoms with Crippen LogP contribution in [0.25, 0.3) is 22.3 Å². The molecule has 25 nitrogen and oxygen atoms in total. The molecule has 0 saturated carbocycles. The number of cyclic esters (lactones) is 1. The molecule has 85 heavy (non-hydrogen) atoms. The quantitative estimate of drug-likeness (QED) is 0.0205. The van der Waals surface area contributed by atoms with Crippen LogP contribution in [0.3, 0.4) is 0 Å². The fourth-order valence-corrected chi connectivity index (χ4v) is 10.5. The summed E-state index contributed by atoms with van der Waals surface area (Å²) in [6.07, 6.45) is 0.252. The molecule has 2 aromatic heterocycles. The number of aromatic nitrogens is 2. The fourth-order valence-electron chi connectivity index (χ4n) is 10.5. The minimum atomic E-state index is -2.05. The highest BCUT2D eigenvalue weighted by Crippen LogP contribution is 2.46. The number of urea groups is 1. The normalized spacial score (nSPS) is 16.7.